The predicted molar refractivity (Wildman–Crippen MR) is 194 cm³/mol. The van der Waals surface area contributed by atoms with Crippen LogP contribution in [0.2, 0.25) is 0 Å². The van der Waals surface area contributed by atoms with Crippen molar-refractivity contribution in [3.63, 3.8) is 0 Å². The van der Waals surface area contributed by atoms with Gasteiger partial charge in [0.1, 0.15) is 0 Å². The van der Waals surface area contributed by atoms with Gasteiger partial charge in [-0.25, -0.2) is 0 Å². The maximum absolute atomic E-state index is 2.39. The summed E-state index contributed by atoms with van der Waals surface area (Å²) >= 11 is 1.86. The Kier molecular flexibility index (Phi) is 6.03. The molecule has 212 valence electrons. The molecular formula is C42H28N2S. The Morgan fingerprint density at radius 3 is 1.64 bits per heavy atom. The first kappa shape index (κ1) is 25.8. The van der Waals surface area contributed by atoms with Crippen molar-refractivity contribution >= 4 is 70.4 Å². The molecule has 3 heteroatoms. The lowest BCUT2D eigenvalue weighted by molar-refractivity contribution is 1.17. The van der Waals surface area contributed by atoms with Crippen LogP contribution in [-0.2, 0) is 0 Å². The van der Waals surface area contributed by atoms with Crippen molar-refractivity contribution in [2.45, 2.75) is 0 Å². The van der Waals surface area contributed by atoms with Gasteiger partial charge in [0, 0.05) is 53.7 Å². The van der Waals surface area contributed by atoms with Crippen LogP contribution in [0.25, 0.3) is 58.8 Å². The van der Waals surface area contributed by atoms with Crippen LogP contribution < -0.4 is 4.90 Å². The van der Waals surface area contributed by atoms with Gasteiger partial charge in [-0.3, -0.25) is 0 Å². The third-order valence-corrected chi connectivity index (χ3v) is 9.93. The first-order chi connectivity index (χ1) is 22.3. The van der Waals surface area contributed by atoms with E-state index in [2.05, 4.69) is 179 Å². The molecule has 0 aliphatic carbocycles. The molecule has 0 fully saturated rings. The van der Waals surface area contributed by atoms with Gasteiger partial charge >= 0.3 is 0 Å². The van der Waals surface area contributed by atoms with Gasteiger partial charge in [0.2, 0.25) is 0 Å². The molecular weight excluding hydrogens is 565 g/mol. The molecule has 0 atom stereocenters. The van der Waals surface area contributed by atoms with E-state index in [0.29, 0.717) is 0 Å². The van der Waals surface area contributed by atoms with Crippen molar-refractivity contribution in [3.8, 4) is 16.8 Å². The molecule has 9 aromatic rings. The highest BCUT2D eigenvalue weighted by Crippen LogP contribution is 2.40. The molecule has 2 aromatic heterocycles. The van der Waals surface area contributed by atoms with E-state index in [0.717, 1.165) is 22.7 Å². The fourth-order valence-electron chi connectivity index (χ4n) is 6.69. The molecule has 0 saturated carbocycles. The van der Waals surface area contributed by atoms with Gasteiger partial charge < -0.3 is 9.47 Å². The average molecular weight is 593 g/mol. The molecule has 0 aliphatic rings. The van der Waals surface area contributed by atoms with E-state index >= 15 is 0 Å². The van der Waals surface area contributed by atoms with Crippen LogP contribution in [0, 0.1) is 0 Å². The summed E-state index contributed by atoms with van der Waals surface area (Å²) in [6, 6.07) is 61.3. The highest BCUT2D eigenvalue weighted by Gasteiger charge is 2.16. The molecule has 0 N–H and O–H groups in total. The fourth-order valence-corrected chi connectivity index (χ4v) is 7.77. The molecule has 2 nitrogen and oxygen atoms in total. The molecule has 9 rings (SSSR count). The molecule has 0 aliphatic heterocycles. The van der Waals surface area contributed by atoms with Crippen molar-refractivity contribution in [3.05, 3.63) is 170 Å². The third kappa shape index (κ3) is 4.32. The van der Waals surface area contributed by atoms with Crippen molar-refractivity contribution in [2.24, 2.45) is 0 Å². The second-order valence-corrected chi connectivity index (χ2v) is 12.5. The van der Waals surface area contributed by atoms with Crippen LogP contribution in [0.3, 0.4) is 0 Å². The van der Waals surface area contributed by atoms with E-state index in [9.17, 15) is 0 Å². The summed E-state index contributed by atoms with van der Waals surface area (Å²) in [6.07, 6.45) is 0. The van der Waals surface area contributed by atoms with E-state index in [1.807, 2.05) is 11.3 Å². The fraction of sp³-hybridized carbons (Fsp3) is 0. The molecule has 0 bridgehead atoms. The van der Waals surface area contributed by atoms with E-state index in [4.69, 9.17) is 0 Å². The molecule has 0 spiro atoms. The number of anilines is 3. The van der Waals surface area contributed by atoms with Crippen LogP contribution >= 0.6 is 11.3 Å². The molecule has 2 heterocycles. The number of fused-ring (bicyclic) bond motifs is 6. The second kappa shape index (κ2) is 10.5. The number of thiophene rings is 1. The topological polar surface area (TPSA) is 8.17 Å². The van der Waals surface area contributed by atoms with Crippen LogP contribution in [-0.4, -0.2) is 4.57 Å². The van der Waals surface area contributed by atoms with Crippen LogP contribution in [0.5, 0.6) is 0 Å². The summed E-state index contributed by atoms with van der Waals surface area (Å²) in [7, 11) is 0. The summed E-state index contributed by atoms with van der Waals surface area (Å²) in [5.41, 5.74) is 9.43. The minimum absolute atomic E-state index is 1.12. The smallest absolute Gasteiger partial charge is 0.0541 e. The summed E-state index contributed by atoms with van der Waals surface area (Å²) in [6.45, 7) is 0. The Morgan fingerprint density at radius 2 is 0.911 bits per heavy atom. The van der Waals surface area contributed by atoms with Gasteiger partial charge in [-0.2, -0.15) is 0 Å². The summed E-state index contributed by atoms with van der Waals surface area (Å²) in [5.74, 6) is 0. The summed E-state index contributed by atoms with van der Waals surface area (Å²) in [4.78, 5) is 2.30. The van der Waals surface area contributed by atoms with Gasteiger partial charge in [0.05, 0.1) is 11.0 Å². The number of aromatic nitrogens is 1. The van der Waals surface area contributed by atoms with E-state index in [-0.39, 0.29) is 0 Å². The summed E-state index contributed by atoms with van der Waals surface area (Å²) < 4.78 is 5.06. The van der Waals surface area contributed by atoms with Gasteiger partial charge in [-0.15, -0.1) is 11.3 Å². The minimum atomic E-state index is 1.12. The lowest BCUT2D eigenvalue weighted by Gasteiger charge is -2.25. The van der Waals surface area contributed by atoms with Crippen LogP contribution in [0.15, 0.2) is 170 Å². The van der Waals surface area contributed by atoms with Crippen LogP contribution in [0.1, 0.15) is 0 Å². The highest BCUT2D eigenvalue weighted by molar-refractivity contribution is 7.25. The Bertz CT molecular complexity index is 2430. The molecule has 45 heavy (non-hydrogen) atoms. The minimum Gasteiger partial charge on any atom is -0.311 e. The average Bonchev–Trinajstić information content (AvgIpc) is 3.65. The molecule has 0 unspecified atom stereocenters. The highest BCUT2D eigenvalue weighted by atomic mass is 32.1. The summed E-state index contributed by atoms with van der Waals surface area (Å²) in [5, 5.41) is 5.18. The number of hydrogen-bond acceptors (Lipinski definition) is 2. The number of hydrogen-bond donors (Lipinski definition) is 0. The first-order valence-corrected chi connectivity index (χ1v) is 16.1. The zero-order valence-corrected chi connectivity index (χ0v) is 25.3. The second-order valence-electron chi connectivity index (χ2n) is 11.4. The predicted octanol–water partition coefficient (Wildman–Crippen LogP) is 12.3. The van der Waals surface area contributed by atoms with Gasteiger partial charge in [0.15, 0.2) is 0 Å². The Morgan fingerprint density at radius 1 is 0.378 bits per heavy atom. The molecule has 7 aromatic carbocycles. The molecule has 0 saturated heterocycles. The van der Waals surface area contributed by atoms with Gasteiger partial charge in [0.25, 0.3) is 0 Å². The normalized spacial score (nSPS) is 11.6. The van der Waals surface area contributed by atoms with E-state index < -0.39 is 0 Å². The lowest BCUT2D eigenvalue weighted by atomic mass is 10.0. The van der Waals surface area contributed by atoms with Gasteiger partial charge in [-0.05, 0) is 96.1 Å². The van der Waals surface area contributed by atoms with Crippen molar-refractivity contribution in [1.29, 1.82) is 0 Å². The van der Waals surface area contributed by atoms with Crippen molar-refractivity contribution < 1.29 is 0 Å². The van der Waals surface area contributed by atoms with Crippen molar-refractivity contribution in [2.75, 3.05) is 4.90 Å². The first-order valence-electron chi connectivity index (χ1n) is 15.3. The number of nitrogens with zero attached hydrogens (tertiary/aromatic N) is 2. The van der Waals surface area contributed by atoms with Crippen molar-refractivity contribution in [1.82, 2.24) is 4.57 Å². The SMILES string of the molecule is c1ccc(N(c2ccccc2)c2ccc(-n3c4ccccc4c4cc(-c5ccc6sc7ccccc7c6c5)ccc43)cc2)cc1. The van der Waals surface area contributed by atoms with Crippen LogP contribution in [0.4, 0.5) is 17.1 Å². The molecule has 0 amide bonds. The Hall–Kier alpha value is -5.64. The lowest BCUT2D eigenvalue weighted by Crippen LogP contribution is -2.09. The Balaban J connectivity index is 1.16. The van der Waals surface area contributed by atoms with Gasteiger partial charge in [-0.1, -0.05) is 84.9 Å². The standard InChI is InChI=1S/C42H28N2S/c1-3-11-31(12-4-1)43(32-13-5-2-6-14-32)33-21-23-34(24-22-33)44-39-17-9-7-15-35(39)37-27-29(19-25-40(37)44)30-20-26-42-38(28-30)36-16-8-10-18-41(36)45-42/h1-28H. The Labute approximate surface area is 265 Å². The molecule has 0 radical (unpaired) electrons. The largest absolute Gasteiger partial charge is 0.311 e. The number of para-hydroxylation sites is 3. The maximum Gasteiger partial charge on any atom is 0.0541 e. The number of benzene rings is 7. The maximum atomic E-state index is 2.39. The zero-order chi connectivity index (χ0) is 29.7. The zero-order valence-electron chi connectivity index (χ0n) is 24.5. The van der Waals surface area contributed by atoms with E-state index in [1.54, 1.807) is 0 Å². The number of rotatable bonds is 5. The van der Waals surface area contributed by atoms with E-state index in [1.165, 1.54) is 53.1 Å². The third-order valence-electron chi connectivity index (χ3n) is 8.78. The quantitative estimate of drug-likeness (QED) is 0.193. The monoisotopic (exact) mass is 592 g/mol.